The molecular formula is C29H33ClN4O7S. The first kappa shape index (κ1) is 32.4. The van der Waals surface area contributed by atoms with Crippen LogP contribution >= 0.6 is 11.6 Å². The number of ether oxygens (including phenoxy) is 1. The summed E-state index contributed by atoms with van der Waals surface area (Å²) in [5.41, 5.74) is 0.895. The number of non-ortho nitro benzene ring substituents is 1. The molecule has 0 saturated carbocycles. The first-order valence-corrected chi connectivity index (χ1v) is 15.3. The average molecular weight is 617 g/mol. The molecule has 0 aliphatic carbocycles. The molecule has 224 valence electrons. The molecular weight excluding hydrogens is 584 g/mol. The lowest BCUT2D eigenvalue weighted by atomic mass is 10.0. The molecule has 3 aromatic rings. The molecule has 42 heavy (non-hydrogen) atoms. The number of nitrogens with one attached hydrogen (secondary N) is 1. The van der Waals surface area contributed by atoms with Gasteiger partial charge in [-0.3, -0.25) is 24.0 Å². The summed E-state index contributed by atoms with van der Waals surface area (Å²) in [5.74, 6) is -1.08. The molecule has 0 bridgehead atoms. The fourth-order valence-electron chi connectivity index (χ4n) is 4.29. The van der Waals surface area contributed by atoms with Gasteiger partial charge < -0.3 is 15.0 Å². The van der Waals surface area contributed by atoms with Crippen molar-refractivity contribution in [2.45, 2.75) is 32.4 Å². The number of benzene rings is 3. The Balaban J connectivity index is 2.11. The normalized spacial score (nSPS) is 11.8. The molecule has 0 fully saturated rings. The molecule has 2 amide bonds. The molecule has 0 radical (unpaired) electrons. The number of carbonyl (C=O) groups excluding carboxylic acids is 2. The van der Waals surface area contributed by atoms with Crippen molar-refractivity contribution >= 4 is 44.8 Å². The lowest BCUT2D eigenvalue weighted by Crippen LogP contribution is -2.53. The van der Waals surface area contributed by atoms with E-state index < -0.39 is 39.3 Å². The van der Waals surface area contributed by atoms with Gasteiger partial charge in [-0.05, 0) is 35.7 Å². The number of amides is 2. The van der Waals surface area contributed by atoms with E-state index in [1.165, 1.54) is 24.1 Å². The van der Waals surface area contributed by atoms with Crippen LogP contribution in [0.5, 0.6) is 5.75 Å². The number of hydrogen-bond acceptors (Lipinski definition) is 7. The topological polar surface area (TPSA) is 139 Å². The maximum atomic E-state index is 14.1. The van der Waals surface area contributed by atoms with E-state index in [9.17, 15) is 28.1 Å². The summed E-state index contributed by atoms with van der Waals surface area (Å²) in [6.45, 7) is 1.51. The molecule has 3 aromatic carbocycles. The minimum absolute atomic E-state index is 0.0181. The summed E-state index contributed by atoms with van der Waals surface area (Å²) in [6, 6.07) is 18.3. The Kier molecular flexibility index (Phi) is 11.3. The lowest BCUT2D eigenvalue weighted by Gasteiger charge is -2.33. The van der Waals surface area contributed by atoms with Crippen molar-refractivity contribution in [2.75, 3.05) is 30.8 Å². The SMILES string of the molecule is CCCNC(=O)C(Cc1ccccc1)N(Cc1ccc(Cl)cc1)C(=O)CN(c1cc([N+](=O)[O-])ccc1OC)S(C)(=O)=O. The van der Waals surface area contributed by atoms with Crippen LogP contribution in [-0.2, 0) is 32.6 Å². The van der Waals surface area contributed by atoms with Gasteiger partial charge in [-0.25, -0.2) is 8.42 Å². The van der Waals surface area contributed by atoms with Crippen LogP contribution in [0.4, 0.5) is 11.4 Å². The second-order valence-corrected chi connectivity index (χ2v) is 11.9. The number of nitro benzene ring substituents is 1. The second kappa shape index (κ2) is 14.6. The van der Waals surface area contributed by atoms with Crippen LogP contribution in [0.15, 0.2) is 72.8 Å². The molecule has 13 heteroatoms. The van der Waals surface area contributed by atoms with Crippen molar-refractivity contribution in [1.29, 1.82) is 0 Å². The number of nitrogens with zero attached hydrogens (tertiary/aromatic N) is 3. The maximum Gasteiger partial charge on any atom is 0.271 e. The van der Waals surface area contributed by atoms with Gasteiger partial charge in [0.05, 0.1) is 18.3 Å². The van der Waals surface area contributed by atoms with Crippen molar-refractivity contribution in [1.82, 2.24) is 10.2 Å². The number of rotatable bonds is 14. The number of nitro groups is 1. The van der Waals surface area contributed by atoms with E-state index in [2.05, 4.69) is 5.32 Å². The zero-order valence-corrected chi connectivity index (χ0v) is 25.1. The van der Waals surface area contributed by atoms with Crippen LogP contribution in [0.1, 0.15) is 24.5 Å². The van der Waals surface area contributed by atoms with Gasteiger partial charge in [0, 0.05) is 36.7 Å². The molecule has 3 rings (SSSR count). The van der Waals surface area contributed by atoms with Crippen LogP contribution in [0, 0.1) is 10.1 Å². The highest BCUT2D eigenvalue weighted by molar-refractivity contribution is 7.92. The minimum Gasteiger partial charge on any atom is -0.495 e. The van der Waals surface area contributed by atoms with E-state index >= 15 is 0 Å². The van der Waals surface area contributed by atoms with Crippen molar-refractivity contribution in [3.8, 4) is 5.75 Å². The number of halogens is 1. The van der Waals surface area contributed by atoms with E-state index in [0.29, 0.717) is 23.6 Å². The van der Waals surface area contributed by atoms with Crippen molar-refractivity contribution in [2.24, 2.45) is 0 Å². The number of carbonyl (C=O) groups is 2. The van der Waals surface area contributed by atoms with Gasteiger partial charge in [0.1, 0.15) is 24.0 Å². The average Bonchev–Trinajstić information content (AvgIpc) is 2.96. The van der Waals surface area contributed by atoms with Gasteiger partial charge in [0.2, 0.25) is 21.8 Å². The molecule has 11 nitrogen and oxygen atoms in total. The van der Waals surface area contributed by atoms with Gasteiger partial charge in [-0.2, -0.15) is 0 Å². The van der Waals surface area contributed by atoms with Crippen LogP contribution in [-0.4, -0.2) is 62.6 Å². The standard InChI is InChI=1S/C29H33ClN4O7S/c1-4-16-31-29(36)26(17-21-8-6-5-7-9-21)32(19-22-10-12-23(30)13-11-22)28(35)20-33(42(3,39)40)25-18-24(34(37)38)14-15-27(25)41-2/h5-15,18,26H,4,16-17,19-20H2,1-3H3,(H,31,36). The third-order valence-electron chi connectivity index (χ3n) is 6.41. The second-order valence-electron chi connectivity index (χ2n) is 9.53. The van der Waals surface area contributed by atoms with Gasteiger partial charge >= 0.3 is 0 Å². The minimum atomic E-state index is -4.15. The monoisotopic (exact) mass is 616 g/mol. The Labute approximate surface area is 250 Å². The molecule has 1 N–H and O–H groups in total. The molecule has 0 spiro atoms. The Morgan fingerprint density at radius 2 is 1.71 bits per heavy atom. The molecule has 1 atom stereocenters. The summed E-state index contributed by atoms with van der Waals surface area (Å²) in [7, 11) is -2.87. The first-order chi connectivity index (χ1) is 19.9. The van der Waals surface area contributed by atoms with Gasteiger partial charge in [-0.15, -0.1) is 0 Å². The number of hydrogen-bond donors (Lipinski definition) is 1. The summed E-state index contributed by atoms with van der Waals surface area (Å²) in [4.78, 5) is 39.8. The van der Waals surface area contributed by atoms with E-state index in [1.807, 2.05) is 37.3 Å². The molecule has 0 heterocycles. The molecule has 0 aromatic heterocycles. The maximum absolute atomic E-state index is 14.1. The van der Waals surface area contributed by atoms with E-state index in [0.717, 1.165) is 22.2 Å². The molecule has 0 aliphatic heterocycles. The highest BCUT2D eigenvalue weighted by Gasteiger charge is 2.34. The molecule has 0 aliphatic rings. The summed E-state index contributed by atoms with van der Waals surface area (Å²) in [5, 5.41) is 14.8. The fraction of sp³-hybridized carbons (Fsp3) is 0.310. The smallest absolute Gasteiger partial charge is 0.271 e. The van der Waals surface area contributed by atoms with E-state index in [4.69, 9.17) is 16.3 Å². The van der Waals surface area contributed by atoms with Gasteiger partial charge in [0.25, 0.3) is 5.69 Å². The fourth-order valence-corrected chi connectivity index (χ4v) is 5.26. The van der Waals surface area contributed by atoms with Crippen molar-refractivity contribution in [3.05, 3.63) is 99.1 Å². The Morgan fingerprint density at radius 1 is 1.05 bits per heavy atom. The quantitative estimate of drug-likeness (QED) is 0.212. The van der Waals surface area contributed by atoms with Gasteiger partial charge in [-0.1, -0.05) is 61.0 Å². The Hall–Kier alpha value is -4.16. The highest BCUT2D eigenvalue weighted by Crippen LogP contribution is 2.34. The predicted octanol–water partition coefficient (Wildman–Crippen LogP) is 4.19. The number of sulfonamides is 1. The van der Waals surface area contributed by atoms with Crippen molar-refractivity contribution in [3.63, 3.8) is 0 Å². The Bertz CT molecular complexity index is 1500. The summed E-state index contributed by atoms with van der Waals surface area (Å²) < 4.78 is 32.0. The van der Waals surface area contributed by atoms with Crippen LogP contribution in [0.25, 0.3) is 0 Å². The highest BCUT2D eigenvalue weighted by atomic mass is 35.5. The zero-order valence-electron chi connectivity index (χ0n) is 23.5. The Morgan fingerprint density at radius 3 is 2.29 bits per heavy atom. The summed E-state index contributed by atoms with van der Waals surface area (Å²) >= 11 is 6.06. The van der Waals surface area contributed by atoms with Gasteiger partial charge in [0.15, 0.2) is 0 Å². The lowest BCUT2D eigenvalue weighted by molar-refractivity contribution is -0.384. The number of anilines is 1. The summed E-state index contributed by atoms with van der Waals surface area (Å²) in [6.07, 6.45) is 1.72. The van der Waals surface area contributed by atoms with E-state index in [1.54, 1.807) is 24.3 Å². The number of methoxy groups -OCH3 is 1. The van der Waals surface area contributed by atoms with Crippen molar-refractivity contribution < 1.29 is 27.7 Å². The van der Waals surface area contributed by atoms with Crippen LogP contribution < -0.4 is 14.4 Å². The van der Waals surface area contributed by atoms with Crippen LogP contribution in [0.3, 0.4) is 0 Å². The third-order valence-corrected chi connectivity index (χ3v) is 7.79. The first-order valence-electron chi connectivity index (χ1n) is 13.1. The predicted molar refractivity (Wildman–Crippen MR) is 161 cm³/mol. The van der Waals surface area contributed by atoms with E-state index in [-0.39, 0.29) is 30.1 Å². The largest absolute Gasteiger partial charge is 0.495 e. The zero-order chi connectivity index (χ0) is 30.9. The molecule has 1 unspecified atom stereocenters. The third kappa shape index (κ3) is 8.67. The molecule has 0 saturated heterocycles. The van der Waals surface area contributed by atoms with Crippen LogP contribution in [0.2, 0.25) is 5.02 Å².